The van der Waals surface area contributed by atoms with Crippen molar-refractivity contribution in [3.05, 3.63) is 29.8 Å². The van der Waals surface area contributed by atoms with Gasteiger partial charge in [-0.25, -0.2) is 0 Å². The molecule has 3 nitrogen and oxygen atoms in total. The largest absolute Gasteiger partial charge is 0.493 e. The monoisotopic (exact) mass is 275 g/mol. The molecule has 1 aliphatic heterocycles. The molecule has 3 heteroatoms. The van der Waals surface area contributed by atoms with E-state index in [0.29, 0.717) is 18.2 Å². The lowest BCUT2D eigenvalue weighted by Gasteiger charge is -2.32. The van der Waals surface area contributed by atoms with E-state index in [-0.39, 0.29) is 0 Å². The van der Waals surface area contributed by atoms with E-state index in [1.165, 1.54) is 5.56 Å². The molecule has 1 aromatic rings. The van der Waals surface area contributed by atoms with Crippen molar-refractivity contribution in [2.45, 2.75) is 39.5 Å². The maximum atomic E-state index is 11.8. The number of carbonyl (C=O) groups is 1. The molecule has 0 N–H and O–H groups in total. The first kappa shape index (κ1) is 14.9. The van der Waals surface area contributed by atoms with Crippen LogP contribution >= 0.6 is 0 Å². The quantitative estimate of drug-likeness (QED) is 0.824. The number of piperidine rings is 1. The van der Waals surface area contributed by atoms with Crippen LogP contribution < -0.4 is 4.74 Å². The first-order valence-corrected chi connectivity index (χ1v) is 7.66. The van der Waals surface area contributed by atoms with E-state index in [1.54, 1.807) is 0 Å². The summed E-state index contributed by atoms with van der Waals surface area (Å²) in [4.78, 5) is 13.8. The van der Waals surface area contributed by atoms with Gasteiger partial charge < -0.3 is 9.64 Å². The smallest absolute Gasteiger partial charge is 0.222 e. The molecule has 0 aliphatic carbocycles. The average molecular weight is 275 g/mol. The molecule has 0 saturated carbocycles. The maximum Gasteiger partial charge on any atom is 0.222 e. The molecule has 0 aromatic heterocycles. The summed E-state index contributed by atoms with van der Waals surface area (Å²) in [7, 11) is 0. The van der Waals surface area contributed by atoms with E-state index >= 15 is 0 Å². The van der Waals surface area contributed by atoms with Gasteiger partial charge in [-0.2, -0.15) is 0 Å². The van der Waals surface area contributed by atoms with Gasteiger partial charge in [-0.05, 0) is 44.2 Å². The summed E-state index contributed by atoms with van der Waals surface area (Å²) < 4.78 is 5.84. The Balaban J connectivity index is 1.72. The minimum Gasteiger partial charge on any atom is -0.493 e. The van der Waals surface area contributed by atoms with Crippen LogP contribution in [-0.2, 0) is 4.79 Å². The van der Waals surface area contributed by atoms with Crippen LogP contribution in [0.3, 0.4) is 0 Å². The molecule has 20 heavy (non-hydrogen) atoms. The summed E-state index contributed by atoms with van der Waals surface area (Å²) >= 11 is 0. The third-order valence-electron chi connectivity index (χ3n) is 3.94. The van der Waals surface area contributed by atoms with Crippen molar-refractivity contribution in [2.24, 2.45) is 5.92 Å². The number of hydrogen-bond donors (Lipinski definition) is 0. The highest BCUT2D eigenvalue weighted by molar-refractivity contribution is 5.76. The fourth-order valence-corrected chi connectivity index (χ4v) is 2.57. The predicted molar refractivity (Wildman–Crippen MR) is 80.9 cm³/mol. The number of benzene rings is 1. The standard InChI is InChI=1S/C17H25NO2/c1-3-4-17(19)18-11-9-15(10-12-18)13-20-16-7-5-14(2)6-8-16/h5-8,15H,3-4,9-13H2,1-2H3. The van der Waals surface area contributed by atoms with Gasteiger partial charge in [0.05, 0.1) is 6.61 Å². The van der Waals surface area contributed by atoms with Crippen molar-refractivity contribution in [3.63, 3.8) is 0 Å². The van der Waals surface area contributed by atoms with Crippen LogP contribution in [0.25, 0.3) is 0 Å². The molecule has 1 heterocycles. The predicted octanol–water partition coefficient (Wildman–Crippen LogP) is 3.41. The summed E-state index contributed by atoms with van der Waals surface area (Å²) in [5, 5.41) is 0. The van der Waals surface area contributed by atoms with E-state index in [2.05, 4.69) is 26.0 Å². The molecule has 1 aliphatic rings. The van der Waals surface area contributed by atoms with Crippen LogP contribution in [0.4, 0.5) is 0 Å². The Morgan fingerprint density at radius 2 is 1.90 bits per heavy atom. The van der Waals surface area contributed by atoms with Crippen molar-refractivity contribution in [1.29, 1.82) is 0 Å². The van der Waals surface area contributed by atoms with Crippen molar-refractivity contribution < 1.29 is 9.53 Å². The van der Waals surface area contributed by atoms with Crippen LogP contribution in [0.15, 0.2) is 24.3 Å². The van der Waals surface area contributed by atoms with Crippen LogP contribution in [0, 0.1) is 12.8 Å². The van der Waals surface area contributed by atoms with Gasteiger partial charge in [0.2, 0.25) is 5.91 Å². The van der Waals surface area contributed by atoms with Gasteiger partial charge in [-0.15, -0.1) is 0 Å². The Hall–Kier alpha value is -1.51. The average Bonchev–Trinajstić information content (AvgIpc) is 2.47. The highest BCUT2D eigenvalue weighted by atomic mass is 16.5. The van der Waals surface area contributed by atoms with Gasteiger partial charge in [0.1, 0.15) is 5.75 Å². The number of amides is 1. The number of hydrogen-bond acceptors (Lipinski definition) is 2. The molecule has 1 aromatic carbocycles. The molecular formula is C17H25NO2. The Morgan fingerprint density at radius 3 is 2.50 bits per heavy atom. The first-order valence-electron chi connectivity index (χ1n) is 7.66. The molecule has 110 valence electrons. The van der Waals surface area contributed by atoms with Gasteiger partial charge >= 0.3 is 0 Å². The molecule has 0 atom stereocenters. The maximum absolute atomic E-state index is 11.8. The van der Waals surface area contributed by atoms with Crippen LogP contribution in [0.1, 0.15) is 38.2 Å². The SMILES string of the molecule is CCCC(=O)N1CCC(COc2ccc(C)cc2)CC1. The summed E-state index contributed by atoms with van der Waals surface area (Å²) in [6.07, 6.45) is 3.74. The normalized spacial score (nSPS) is 16.2. The molecule has 1 fully saturated rings. The summed E-state index contributed by atoms with van der Waals surface area (Å²) in [5.41, 5.74) is 1.25. The topological polar surface area (TPSA) is 29.5 Å². The van der Waals surface area contributed by atoms with Crippen molar-refractivity contribution in [1.82, 2.24) is 4.90 Å². The van der Waals surface area contributed by atoms with E-state index in [9.17, 15) is 4.79 Å². The van der Waals surface area contributed by atoms with E-state index in [0.717, 1.165) is 44.7 Å². The fourth-order valence-electron chi connectivity index (χ4n) is 2.57. The lowest BCUT2D eigenvalue weighted by Crippen LogP contribution is -2.39. The molecule has 1 amide bonds. The molecule has 0 radical (unpaired) electrons. The van der Waals surface area contributed by atoms with Crippen LogP contribution in [-0.4, -0.2) is 30.5 Å². The van der Waals surface area contributed by atoms with Gasteiger partial charge in [0, 0.05) is 19.5 Å². The highest BCUT2D eigenvalue weighted by Crippen LogP contribution is 2.20. The molecular weight excluding hydrogens is 250 g/mol. The number of nitrogens with zero attached hydrogens (tertiary/aromatic N) is 1. The third kappa shape index (κ3) is 4.26. The summed E-state index contributed by atoms with van der Waals surface area (Å²) in [6, 6.07) is 8.19. The molecule has 1 saturated heterocycles. The number of ether oxygens (including phenoxy) is 1. The minimum atomic E-state index is 0.311. The van der Waals surface area contributed by atoms with Crippen molar-refractivity contribution in [3.8, 4) is 5.75 Å². The zero-order chi connectivity index (χ0) is 14.4. The van der Waals surface area contributed by atoms with Crippen LogP contribution in [0.5, 0.6) is 5.75 Å². The second kappa shape index (κ2) is 7.32. The van der Waals surface area contributed by atoms with Gasteiger partial charge in [0.15, 0.2) is 0 Å². The van der Waals surface area contributed by atoms with Gasteiger partial charge in [0.25, 0.3) is 0 Å². The minimum absolute atomic E-state index is 0.311. The lowest BCUT2D eigenvalue weighted by molar-refractivity contribution is -0.132. The summed E-state index contributed by atoms with van der Waals surface area (Å²) in [6.45, 7) is 6.67. The van der Waals surface area contributed by atoms with E-state index < -0.39 is 0 Å². The molecule has 0 unspecified atom stereocenters. The van der Waals surface area contributed by atoms with Crippen molar-refractivity contribution >= 4 is 5.91 Å². The van der Waals surface area contributed by atoms with Gasteiger partial charge in [-0.1, -0.05) is 24.6 Å². The van der Waals surface area contributed by atoms with E-state index in [1.807, 2.05) is 17.0 Å². The van der Waals surface area contributed by atoms with Crippen LogP contribution in [0.2, 0.25) is 0 Å². The van der Waals surface area contributed by atoms with Gasteiger partial charge in [-0.3, -0.25) is 4.79 Å². The van der Waals surface area contributed by atoms with E-state index in [4.69, 9.17) is 4.74 Å². The summed E-state index contributed by atoms with van der Waals surface area (Å²) in [5.74, 6) is 1.83. The molecule has 0 spiro atoms. The Labute approximate surface area is 121 Å². The molecule has 2 rings (SSSR count). The third-order valence-corrected chi connectivity index (χ3v) is 3.94. The fraction of sp³-hybridized carbons (Fsp3) is 0.588. The second-order valence-electron chi connectivity index (χ2n) is 5.70. The highest BCUT2D eigenvalue weighted by Gasteiger charge is 2.22. The Morgan fingerprint density at radius 1 is 1.25 bits per heavy atom. The Kier molecular flexibility index (Phi) is 5.45. The number of carbonyl (C=O) groups excluding carboxylic acids is 1. The zero-order valence-electron chi connectivity index (χ0n) is 12.6. The van der Waals surface area contributed by atoms with Crippen molar-refractivity contribution in [2.75, 3.05) is 19.7 Å². The number of likely N-dealkylation sites (tertiary alicyclic amines) is 1. The Bertz CT molecular complexity index is 419. The lowest BCUT2D eigenvalue weighted by atomic mass is 9.97. The first-order chi connectivity index (χ1) is 9.69. The number of rotatable bonds is 5. The molecule has 0 bridgehead atoms. The zero-order valence-corrected chi connectivity index (χ0v) is 12.6. The second-order valence-corrected chi connectivity index (χ2v) is 5.70. The number of aryl methyl sites for hydroxylation is 1.